The standard InChI is InChI=1S/C13H7F7N2O2/c14-8-2-1-5-21-10(8)9-4-3-7(6-22-9)23-12(16,17)11(15)24-13(18,19)20/h1-6,11H. The number of pyridine rings is 2. The Morgan fingerprint density at radius 1 is 1.00 bits per heavy atom. The summed E-state index contributed by atoms with van der Waals surface area (Å²) in [6.07, 6.45) is -12.7. The molecule has 0 bridgehead atoms. The fourth-order valence-corrected chi connectivity index (χ4v) is 1.54. The largest absolute Gasteiger partial charge is 0.525 e. The molecule has 0 saturated heterocycles. The van der Waals surface area contributed by atoms with Crippen molar-refractivity contribution < 1.29 is 40.2 Å². The number of nitrogens with zero attached hydrogens (tertiary/aromatic N) is 2. The lowest BCUT2D eigenvalue weighted by Gasteiger charge is -2.22. The van der Waals surface area contributed by atoms with Crippen LogP contribution in [0.2, 0.25) is 0 Å². The number of ether oxygens (including phenoxy) is 2. The van der Waals surface area contributed by atoms with Crippen LogP contribution in [-0.4, -0.2) is 28.8 Å². The number of hydrogen-bond donors (Lipinski definition) is 0. The maximum Gasteiger partial charge on any atom is 0.525 e. The van der Waals surface area contributed by atoms with Gasteiger partial charge in [-0.15, -0.1) is 13.2 Å². The van der Waals surface area contributed by atoms with Gasteiger partial charge in [0.2, 0.25) is 0 Å². The normalized spacial score (nSPS) is 13.6. The molecule has 0 aliphatic rings. The quantitative estimate of drug-likeness (QED) is 0.757. The molecule has 1 atom stereocenters. The van der Waals surface area contributed by atoms with Gasteiger partial charge >= 0.3 is 18.8 Å². The summed E-state index contributed by atoms with van der Waals surface area (Å²) in [4.78, 5) is 7.27. The first-order chi connectivity index (χ1) is 11.1. The molecule has 0 fully saturated rings. The molecule has 0 N–H and O–H groups in total. The second-order valence-electron chi connectivity index (χ2n) is 4.26. The van der Waals surface area contributed by atoms with Crippen LogP contribution in [0.3, 0.4) is 0 Å². The molecule has 0 saturated carbocycles. The molecule has 0 amide bonds. The van der Waals surface area contributed by atoms with Gasteiger partial charge in [0.1, 0.15) is 11.4 Å². The van der Waals surface area contributed by atoms with Gasteiger partial charge in [-0.1, -0.05) is 0 Å². The Labute approximate surface area is 129 Å². The molecule has 0 spiro atoms. The molecule has 0 aliphatic heterocycles. The van der Waals surface area contributed by atoms with Crippen molar-refractivity contribution in [2.24, 2.45) is 0 Å². The first kappa shape index (κ1) is 17.9. The molecule has 2 aromatic rings. The molecule has 4 nitrogen and oxygen atoms in total. The summed E-state index contributed by atoms with van der Waals surface area (Å²) in [5.41, 5.74) is -0.230. The summed E-state index contributed by atoms with van der Waals surface area (Å²) >= 11 is 0. The zero-order valence-corrected chi connectivity index (χ0v) is 11.4. The maximum absolute atomic E-state index is 13.5. The lowest BCUT2D eigenvalue weighted by atomic mass is 10.2. The van der Waals surface area contributed by atoms with Crippen molar-refractivity contribution in [1.82, 2.24) is 9.97 Å². The van der Waals surface area contributed by atoms with Crippen molar-refractivity contribution in [2.75, 3.05) is 0 Å². The molecule has 130 valence electrons. The zero-order valence-electron chi connectivity index (χ0n) is 11.4. The summed E-state index contributed by atoms with van der Waals surface area (Å²) in [5.74, 6) is -1.49. The van der Waals surface area contributed by atoms with Crippen LogP contribution in [0.4, 0.5) is 30.7 Å². The average Bonchev–Trinajstić information content (AvgIpc) is 2.46. The predicted octanol–water partition coefficient (Wildman–Crippen LogP) is 4.09. The fraction of sp³-hybridized carbons (Fsp3) is 0.231. The van der Waals surface area contributed by atoms with Crippen molar-refractivity contribution >= 4 is 0 Å². The van der Waals surface area contributed by atoms with E-state index in [9.17, 15) is 30.7 Å². The van der Waals surface area contributed by atoms with Gasteiger partial charge in [0, 0.05) is 6.20 Å². The summed E-state index contributed by atoms with van der Waals surface area (Å²) in [5, 5.41) is 0. The second kappa shape index (κ2) is 6.59. The minimum atomic E-state index is -5.61. The highest BCUT2D eigenvalue weighted by molar-refractivity contribution is 5.54. The number of rotatable bonds is 5. The van der Waals surface area contributed by atoms with E-state index in [0.717, 1.165) is 18.2 Å². The van der Waals surface area contributed by atoms with Crippen LogP contribution in [0.25, 0.3) is 11.4 Å². The third-order valence-corrected chi connectivity index (χ3v) is 2.49. The molecule has 0 aliphatic carbocycles. The van der Waals surface area contributed by atoms with Crippen molar-refractivity contribution in [3.8, 4) is 17.1 Å². The first-order valence-corrected chi connectivity index (χ1v) is 6.11. The Bertz CT molecular complexity index is 691. The molecule has 2 rings (SSSR count). The van der Waals surface area contributed by atoms with E-state index in [1.165, 1.54) is 12.3 Å². The van der Waals surface area contributed by atoms with Crippen molar-refractivity contribution in [1.29, 1.82) is 0 Å². The third-order valence-electron chi connectivity index (χ3n) is 2.49. The van der Waals surface area contributed by atoms with E-state index < -0.39 is 30.4 Å². The van der Waals surface area contributed by atoms with Gasteiger partial charge in [-0.25, -0.2) is 13.5 Å². The van der Waals surface area contributed by atoms with Gasteiger partial charge in [-0.3, -0.25) is 9.97 Å². The number of hydrogen-bond acceptors (Lipinski definition) is 4. The molecule has 0 radical (unpaired) electrons. The SMILES string of the molecule is Fc1cccnc1-c1ccc(OC(F)(F)C(F)OC(F)(F)F)cn1. The monoisotopic (exact) mass is 356 g/mol. The Balaban J connectivity index is 2.12. The fourth-order valence-electron chi connectivity index (χ4n) is 1.54. The molecule has 2 aromatic heterocycles. The second-order valence-corrected chi connectivity index (χ2v) is 4.26. The van der Waals surface area contributed by atoms with E-state index >= 15 is 0 Å². The number of halogens is 7. The Hall–Kier alpha value is -2.43. The van der Waals surface area contributed by atoms with Crippen molar-refractivity contribution in [3.05, 3.63) is 42.5 Å². The molecule has 0 aromatic carbocycles. The van der Waals surface area contributed by atoms with E-state index in [1.54, 1.807) is 0 Å². The summed E-state index contributed by atoms with van der Waals surface area (Å²) in [7, 11) is 0. The van der Waals surface area contributed by atoms with Crippen LogP contribution in [0.15, 0.2) is 36.7 Å². The molecule has 24 heavy (non-hydrogen) atoms. The van der Waals surface area contributed by atoms with Crippen LogP contribution in [0.1, 0.15) is 0 Å². The van der Waals surface area contributed by atoms with Gasteiger partial charge in [0.05, 0.1) is 11.9 Å². The van der Waals surface area contributed by atoms with E-state index in [1.807, 2.05) is 0 Å². The lowest BCUT2D eigenvalue weighted by molar-refractivity contribution is -0.411. The highest BCUT2D eigenvalue weighted by Crippen LogP contribution is 2.32. The number of alkyl halides is 6. The van der Waals surface area contributed by atoms with Crippen LogP contribution < -0.4 is 4.74 Å². The van der Waals surface area contributed by atoms with Crippen LogP contribution in [0, 0.1) is 5.82 Å². The third kappa shape index (κ3) is 4.54. The predicted molar refractivity (Wildman–Crippen MR) is 65.0 cm³/mol. The Kier molecular flexibility index (Phi) is 4.92. The number of aromatic nitrogens is 2. The average molecular weight is 356 g/mol. The van der Waals surface area contributed by atoms with E-state index in [0.29, 0.717) is 6.20 Å². The molecular formula is C13H7F7N2O2. The van der Waals surface area contributed by atoms with Gasteiger partial charge in [-0.2, -0.15) is 8.78 Å². The highest BCUT2D eigenvalue weighted by Gasteiger charge is 2.50. The summed E-state index contributed by atoms with van der Waals surface area (Å²) < 4.78 is 94.4. The Morgan fingerprint density at radius 3 is 2.25 bits per heavy atom. The van der Waals surface area contributed by atoms with Crippen LogP contribution in [0.5, 0.6) is 5.75 Å². The van der Waals surface area contributed by atoms with Gasteiger partial charge in [0.25, 0.3) is 0 Å². The molecular weight excluding hydrogens is 349 g/mol. The summed E-state index contributed by atoms with van der Waals surface area (Å²) in [6, 6.07) is 4.27. The topological polar surface area (TPSA) is 44.2 Å². The zero-order chi connectivity index (χ0) is 18.0. The molecule has 2 heterocycles. The minimum Gasteiger partial charge on any atom is -0.427 e. The maximum atomic E-state index is 13.5. The van der Waals surface area contributed by atoms with E-state index in [-0.39, 0.29) is 11.4 Å². The van der Waals surface area contributed by atoms with Crippen LogP contribution >= 0.6 is 0 Å². The Morgan fingerprint density at radius 2 is 1.71 bits per heavy atom. The van der Waals surface area contributed by atoms with Gasteiger partial charge in [-0.05, 0) is 24.3 Å². The minimum absolute atomic E-state index is 0.0490. The van der Waals surface area contributed by atoms with Gasteiger partial charge in [0.15, 0.2) is 5.82 Å². The lowest BCUT2D eigenvalue weighted by Crippen LogP contribution is -2.41. The first-order valence-electron chi connectivity index (χ1n) is 6.11. The summed E-state index contributed by atoms with van der Waals surface area (Å²) in [6.45, 7) is 0. The highest BCUT2D eigenvalue weighted by atomic mass is 19.4. The van der Waals surface area contributed by atoms with E-state index in [4.69, 9.17) is 0 Å². The smallest absolute Gasteiger partial charge is 0.427 e. The van der Waals surface area contributed by atoms with Crippen molar-refractivity contribution in [3.63, 3.8) is 0 Å². The van der Waals surface area contributed by atoms with Crippen molar-refractivity contribution in [2.45, 2.75) is 18.8 Å². The van der Waals surface area contributed by atoms with Gasteiger partial charge < -0.3 is 4.74 Å². The molecule has 1 unspecified atom stereocenters. The molecule has 11 heteroatoms. The van der Waals surface area contributed by atoms with Crippen LogP contribution in [-0.2, 0) is 4.74 Å². The van der Waals surface area contributed by atoms with E-state index in [2.05, 4.69) is 19.4 Å².